The summed E-state index contributed by atoms with van der Waals surface area (Å²) in [6.07, 6.45) is 3.21. The molecule has 0 aromatic heterocycles. The van der Waals surface area contributed by atoms with Gasteiger partial charge in [-0.3, -0.25) is 9.59 Å². The van der Waals surface area contributed by atoms with Crippen LogP contribution in [0.25, 0.3) is 6.08 Å². The Morgan fingerprint density at radius 1 is 1.06 bits per heavy atom. The van der Waals surface area contributed by atoms with Crippen LogP contribution in [0.5, 0.6) is 11.5 Å². The summed E-state index contributed by atoms with van der Waals surface area (Å²) in [4.78, 5) is 27.7. The quantitative estimate of drug-likeness (QED) is 0.508. The van der Waals surface area contributed by atoms with Crippen LogP contribution in [0.4, 0.5) is 5.69 Å². The van der Waals surface area contributed by atoms with Crippen LogP contribution in [0.3, 0.4) is 0 Å². The number of aliphatic hydroxyl groups is 1. The standard InChI is InChI=1S/C27H22ClNO5/c28-20-8-10-23-22(15-20)27(32,26(31)29(23)13-12-18-4-2-1-3-5-18)16-21(30)9-6-19-7-11-24-25(14-19)34-17-33-24/h1-11,14-15,32H,12-13,16-17H2/b9-6-/t27-/m0/s1. The average Bonchev–Trinajstić information content (AvgIpc) is 3.38. The third-order valence-corrected chi connectivity index (χ3v) is 6.28. The van der Waals surface area contributed by atoms with Gasteiger partial charge in [-0.25, -0.2) is 0 Å². The molecule has 0 spiro atoms. The zero-order chi connectivity index (χ0) is 23.7. The molecule has 172 valence electrons. The van der Waals surface area contributed by atoms with E-state index in [0.29, 0.717) is 40.7 Å². The summed E-state index contributed by atoms with van der Waals surface area (Å²) in [6.45, 7) is 0.542. The number of hydrogen-bond acceptors (Lipinski definition) is 5. The molecule has 0 radical (unpaired) electrons. The first kappa shape index (κ1) is 22.2. The predicted octanol–water partition coefficient (Wildman–Crippen LogP) is 4.52. The van der Waals surface area contributed by atoms with Crippen molar-refractivity contribution in [3.8, 4) is 11.5 Å². The maximum Gasteiger partial charge on any atom is 0.264 e. The van der Waals surface area contributed by atoms with Crippen LogP contribution in [-0.4, -0.2) is 30.1 Å². The summed E-state index contributed by atoms with van der Waals surface area (Å²) in [6, 6.07) is 20.1. The van der Waals surface area contributed by atoms with Gasteiger partial charge < -0.3 is 19.5 Å². The molecule has 1 N–H and O–H groups in total. The molecule has 0 fully saturated rings. The number of ketones is 1. The van der Waals surface area contributed by atoms with Gasteiger partial charge >= 0.3 is 0 Å². The fourth-order valence-electron chi connectivity index (χ4n) is 4.32. The van der Waals surface area contributed by atoms with Crippen molar-refractivity contribution in [2.75, 3.05) is 18.2 Å². The van der Waals surface area contributed by atoms with Gasteiger partial charge in [-0.15, -0.1) is 0 Å². The molecule has 6 nitrogen and oxygen atoms in total. The molecule has 3 aromatic rings. The molecular weight excluding hydrogens is 454 g/mol. The fourth-order valence-corrected chi connectivity index (χ4v) is 4.49. The van der Waals surface area contributed by atoms with Gasteiger partial charge in [0.2, 0.25) is 6.79 Å². The van der Waals surface area contributed by atoms with Crippen LogP contribution >= 0.6 is 11.6 Å². The highest BCUT2D eigenvalue weighted by Crippen LogP contribution is 2.44. The molecule has 2 heterocycles. The smallest absolute Gasteiger partial charge is 0.264 e. The van der Waals surface area contributed by atoms with Crippen molar-refractivity contribution in [2.45, 2.75) is 18.4 Å². The molecule has 0 unspecified atom stereocenters. The number of anilines is 1. The van der Waals surface area contributed by atoms with E-state index >= 15 is 0 Å². The largest absolute Gasteiger partial charge is 0.454 e. The number of amides is 1. The Balaban J connectivity index is 1.36. The summed E-state index contributed by atoms with van der Waals surface area (Å²) < 4.78 is 10.7. The lowest BCUT2D eigenvalue weighted by Crippen LogP contribution is -2.42. The Morgan fingerprint density at radius 2 is 1.85 bits per heavy atom. The van der Waals surface area contributed by atoms with E-state index < -0.39 is 11.5 Å². The second-order valence-corrected chi connectivity index (χ2v) is 8.74. The number of benzene rings is 3. The highest BCUT2D eigenvalue weighted by atomic mass is 35.5. The van der Waals surface area contributed by atoms with Gasteiger partial charge in [0, 0.05) is 17.1 Å². The molecule has 7 heteroatoms. The predicted molar refractivity (Wildman–Crippen MR) is 129 cm³/mol. The number of nitrogens with zero attached hydrogens (tertiary/aromatic N) is 1. The van der Waals surface area contributed by atoms with Gasteiger partial charge in [0.05, 0.1) is 12.1 Å². The Kier molecular flexibility index (Phi) is 5.86. The van der Waals surface area contributed by atoms with Gasteiger partial charge in [0.1, 0.15) is 0 Å². The van der Waals surface area contributed by atoms with Gasteiger partial charge in [-0.05, 0) is 54.0 Å². The van der Waals surface area contributed by atoms with Gasteiger partial charge in [-0.2, -0.15) is 0 Å². The number of allylic oxidation sites excluding steroid dienone is 1. The molecule has 0 bridgehead atoms. The summed E-state index contributed by atoms with van der Waals surface area (Å²) >= 11 is 6.18. The summed E-state index contributed by atoms with van der Waals surface area (Å²) in [7, 11) is 0. The molecule has 1 amide bonds. The van der Waals surface area contributed by atoms with E-state index in [1.54, 1.807) is 42.5 Å². The van der Waals surface area contributed by atoms with Crippen molar-refractivity contribution in [3.63, 3.8) is 0 Å². The molecule has 0 saturated heterocycles. The number of ether oxygens (including phenoxy) is 2. The second kappa shape index (κ2) is 8.97. The van der Waals surface area contributed by atoms with E-state index in [-0.39, 0.29) is 19.0 Å². The van der Waals surface area contributed by atoms with Crippen molar-refractivity contribution in [3.05, 3.63) is 94.5 Å². The van der Waals surface area contributed by atoms with E-state index in [2.05, 4.69) is 0 Å². The number of rotatable bonds is 7. The van der Waals surface area contributed by atoms with Crippen LogP contribution in [-0.2, 0) is 21.6 Å². The molecule has 2 aliphatic rings. The zero-order valence-electron chi connectivity index (χ0n) is 18.2. The topological polar surface area (TPSA) is 76.1 Å². The number of fused-ring (bicyclic) bond motifs is 2. The SMILES string of the molecule is O=C(/C=C\c1ccc2c(c1)OCO2)C[C@@]1(O)C(=O)N(CCc2ccccc2)c2ccc(Cl)cc21. The molecular formula is C27H22ClNO5. The molecule has 5 rings (SSSR count). The van der Waals surface area contributed by atoms with Crippen molar-refractivity contribution in [2.24, 2.45) is 0 Å². The van der Waals surface area contributed by atoms with Gasteiger partial charge in [-0.1, -0.05) is 54.1 Å². The number of carbonyl (C=O) groups excluding carboxylic acids is 2. The highest BCUT2D eigenvalue weighted by molar-refractivity contribution is 6.31. The first-order chi connectivity index (χ1) is 16.4. The summed E-state index contributed by atoms with van der Waals surface area (Å²) in [5, 5.41) is 11.8. The Bertz CT molecular complexity index is 1290. The summed E-state index contributed by atoms with van der Waals surface area (Å²) in [5.74, 6) is 0.352. The lowest BCUT2D eigenvalue weighted by molar-refractivity contribution is -0.140. The van der Waals surface area contributed by atoms with E-state index in [0.717, 1.165) is 11.1 Å². The highest BCUT2D eigenvalue weighted by Gasteiger charge is 2.50. The lowest BCUT2D eigenvalue weighted by Gasteiger charge is -2.22. The Labute approximate surface area is 202 Å². The monoisotopic (exact) mass is 475 g/mol. The van der Waals surface area contributed by atoms with Crippen LogP contribution in [0, 0.1) is 0 Å². The molecule has 3 aromatic carbocycles. The maximum absolute atomic E-state index is 13.4. The summed E-state index contributed by atoms with van der Waals surface area (Å²) in [5.41, 5.74) is 0.760. The van der Waals surface area contributed by atoms with E-state index in [4.69, 9.17) is 21.1 Å². The van der Waals surface area contributed by atoms with Crippen LogP contribution in [0.2, 0.25) is 5.02 Å². The Morgan fingerprint density at radius 3 is 2.68 bits per heavy atom. The van der Waals surface area contributed by atoms with Crippen molar-refractivity contribution in [1.29, 1.82) is 0 Å². The van der Waals surface area contributed by atoms with E-state index in [1.165, 1.54) is 11.0 Å². The third-order valence-electron chi connectivity index (χ3n) is 6.05. The number of carbonyl (C=O) groups is 2. The van der Waals surface area contributed by atoms with Crippen LogP contribution in [0.1, 0.15) is 23.1 Å². The minimum Gasteiger partial charge on any atom is -0.454 e. The average molecular weight is 476 g/mol. The van der Waals surface area contributed by atoms with Crippen LogP contribution in [0.15, 0.2) is 72.8 Å². The van der Waals surface area contributed by atoms with E-state index in [1.807, 2.05) is 30.3 Å². The minimum atomic E-state index is -1.98. The molecule has 34 heavy (non-hydrogen) atoms. The molecule has 1 atom stereocenters. The minimum absolute atomic E-state index is 0.166. The fraction of sp³-hybridized carbons (Fsp3) is 0.185. The normalized spacial score (nSPS) is 18.5. The molecule has 0 aliphatic carbocycles. The van der Waals surface area contributed by atoms with Crippen molar-refractivity contribution >= 4 is 35.1 Å². The molecule has 0 saturated carbocycles. The third kappa shape index (κ3) is 4.18. The zero-order valence-corrected chi connectivity index (χ0v) is 19.0. The number of hydrogen-bond donors (Lipinski definition) is 1. The van der Waals surface area contributed by atoms with Crippen LogP contribution < -0.4 is 14.4 Å². The van der Waals surface area contributed by atoms with E-state index in [9.17, 15) is 14.7 Å². The first-order valence-corrected chi connectivity index (χ1v) is 11.3. The lowest BCUT2D eigenvalue weighted by atomic mass is 9.89. The molecule has 2 aliphatic heterocycles. The number of halogens is 1. The maximum atomic E-state index is 13.4. The second-order valence-electron chi connectivity index (χ2n) is 8.30. The van der Waals surface area contributed by atoms with Gasteiger partial charge in [0.15, 0.2) is 22.9 Å². The van der Waals surface area contributed by atoms with Crippen molar-refractivity contribution in [1.82, 2.24) is 0 Å². The van der Waals surface area contributed by atoms with Crippen molar-refractivity contribution < 1.29 is 24.2 Å². The Hall–Kier alpha value is -3.61. The van der Waals surface area contributed by atoms with Gasteiger partial charge in [0.25, 0.3) is 5.91 Å². The first-order valence-electron chi connectivity index (χ1n) is 10.9.